The minimum atomic E-state index is -0.459. The molecule has 17 heavy (non-hydrogen) atoms. The molecule has 3 nitrogen and oxygen atoms in total. The lowest BCUT2D eigenvalue weighted by Crippen LogP contribution is -2.19. The molecule has 0 saturated carbocycles. The van der Waals surface area contributed by atoms with Crippen molar-refractivity contribution in [1.82, 2.24) is 0 Å². The average molecular weight is 228 g/mol. The third kappa shape index (κ3) is 2.31. The van der Waals surface area contributed by atoms with Crippen LogP contribution in [-0.2, 0) is 4.79 Å². The van der Waals surface area contributed by atoms with E-state index in [4.69, 9.17) is 5.26 Å². The van der Waals surface area contributed by atoms with Gasteiger partial charge in [-0.15, -0.1) is 0 Å². The van der Waals surface area contributed by atoms with E-state index in [2.05, 4.69) is 32.0 Å². The Morgan fingerprint density at radius 1 is 1.35 bits per heavy atom. The summed E-state index contributed by atoms with van der Waals surface area (Å²) in [6, 6.07) is 10.3. The van der Waals surface area contributed by atoms with Crippen LogP contribution >= 0.6 is 0 Å². The minimum absolute atomic E-state index is 0.0282. The van der Waals surface area contributed by atoms with Gasteiger partial charge < -0.3 is 4.90 Å². The third-order valence-corrected chi connectivity index (χ3v) is 3.22. The van der Waals surface area contributed by atoms with Crippen molar-refractivity contribution in [3.63, 3.8) is 0 Å². The molecule has 1 aliphatic rings. The Labute approximate surface area is 102 Å². The number of Topliss-reactive ketones (excluding diaryl/α,β-unsaturated/α-hetero) is 1. The number of nitriles is 1. The van der Waals surface area contributed by atoms with Gasteiger partial charge >= 0.3 is 0 Å². The molecule has 0 spiro atoms. The predicted molar refractivity (Wildman–Crippen MR) is 66.9 cm³/mol. The molecule has 0 bridgehead atoms. The number of hydrogen-bond acceptors (Lipinski definition) is 3. The standard InChI is InChI=1S/C14H16N2O/c1-10(2)11-3-5-13(6-4-11)16-8-12(7-15)14(17)9-16/h3-6,10,12H,8-9H2,1-2H3. The van der Waals surface area contributed by atoms with Gasteiger partial charge in [-0.25, -0.2) is 0 Å². The molecule has 0 aromatic heterocycles. The van der Waals surface area contributed by atoms with Gasteiger partial charge in [0.05, 0.1) is 12.6 Å². The monoisotopic (exact) mass is 228 g/mol. The van der Waals surface area contributed by atoms with Gasteiger partial charge in [-0.2, -0.15) is 5.26 Å². The first kappa shape index (κ1) is 11.7. The Hall–Kier alpha value is -1.82. The van der Waals surface area contributed by atoms with Crippen molar-refractivity contribution in [3.05, 3.63) is 29.8 Å². The Kier molecular flexibility index (Phi) is 3.14. The summed E-state index contributed by atoms with van der Waals surface area (Å²) in [7, 11) is 0. The summed E-state index contributed by atoms with van der Waals surface area (Å²) in [4.78, 5) is 13.5. The summed E-state index contributed by atoms with van der Waals surface area (Å²) in [5, 5.41) is 8.82. The molecule has 0 radical (unpaired) electrons. The molecule has 1 saturated heterocycles. The number of carbonyl (C=O) groups excluding carboxylic acids is 1. The molecule has 0 amide bonds. The molecule has 1 aromatic carbocycles. The largest absolute Gasteiger partial charge is 0.362 e. The second-order valence-electron chi connectivity index (χ2n) is 4.77. The van der Waals surface area contributed by atoms with Gasteiger partial charge in [-0.05, 0) is 23.6 Å². The maximum atomic E-state index is 11.5. The van der Waals surface area contributed by atoms with Crippen LogP contribution in [0.15, 0.2) is 24.3 Å². The molecule has 0 aliphatic carbocycles. The maximum Gasteiger partial charge on any atom is 0.170 e. The smallest absolute Gasteiger partial charge is 0.170 e. The normalized spacial score (nSPS) is 19.8. The van der Waals surface area contributed by atoms with Gasteiger partial charge in [0.2, 0.25) is 0 Å². The summed E-state index contributed by atoms with van der Waals surface area (Å²) in [6.07, 6.45) is 0. The van der Waals surface area contributed by atoms with E-state index in [9.17, 15) is 4.79 Å². The first-order valence-electron chi connectivity index (χ1n) is 5.89. The van der Waals surface area contributed by atoms with Crippen LogP contribution in [0.5, 0.6) is 0 Å². The third-order valence-electron chi connectivity index (χ3n) is 3.22. The zero-order chi connectivity index (χ0) is 12.4. The lowest BCUT2D eigenvalue weighted by Gasteiger charge is -2.17. The number of anilines is 1. The first-order valence-corrected chi connectivity index (χ1v) is 5.89. The quantitative estimate of drug-likeness (QED) is 0.780. The van der Waals surface area contributed by atoms with Crippen LogP contribution in [0.4, 0.5) is 5.69 Å². The van der Waals surface area contributed by atoms with E-state index < -0.39 is 5.92 Å². The fourth-order valence-electron chi connectivity index (χ4n) is 2.06. The SMILES string of the molecule is CC(C)c1ccc(N2CC(=O)C(C#N)C2)cc1. The topological polar surface area (TPSA) is 44.1 Å². The van der Waals surface area contributed by atoms with Crippen LogP contribution in [0.2, 0.25) is 0 Å². The van der Waals surface area contributed by atoms with Crippen molar-refractivity contribution < 1.29 is 4.79 Å². The molecule has 3 heteroatoms. The molecule has 1 heterocycles. The number of benzene rings is 1. The molecular formula is C14H16N2O. The Morgan fingerprint density at radius 3 is 2.47 bits per heavy atom. The summed E-state index contributed by atoms with van der Waals surface area (Å²) in [6.45, 7) is 5.19. The van der Waals surface area contributed by atoms with E-state index in [0.717, 1.165) is 5.69 Å². The van der Waals surface area contributed by atoms with Crippen molar-refractivity contribution in [2.45, 2.75) is 19.8 Å². The van der Waals surface area contributed by atoms with Crippen LogP contribution in [0.25, 0.3) is 0 Å². The van der Waals surface area contributed by atoms with Crippen molar-refractivity contribution in [2.24, 2.45) is 5.92 Å². The number of carbonyl (C=O) groups is 1. The number of ketones is 1. The van der Waals surface area contributed by atoms with Gasteiger partial charge in [0, 0.05) is 12.2 Å². The van der Waals surface area contributed by atoms with E-state index in [0.29, 0.717) is 19.0 Å². The van der Waals surface area contributed by atoms with E-state index in [-0.39, 0.29) is 5.78 Å². The average Bonchev–Trinajstić information content (AvgIpc) is 2.70. The van der Waals surface area contributed by atoms with Gasteiger partial charge in [-0.1, -0.05) is 26.0 Å². The highest BCUT2D eigenvalue weighted by Crippen LogP contribution is 2.24. The van der Waals surface area contributed by atoms with Crippen LogP contribution in [-0.4, -0.2) is 18.9 Å². The molecule has 0 N–H and O–H groups in total. The minimum Gasteiger partial charge on any atom is -0.362 e. The molecule has 2 rings (SSSR count). The highest BCUT2D eigenvalue weighted by molar-refractivity contribution is 5.91. The summed E-state index contributed by atoms with van der Waals surface area (Å²) in [5.74, 6) is 0.0799. The Bertz CT molecular complexity index is 456. The van der Waals surface area contributed by atoms with Crippen molar-refractivity contribution >= 4 is 11.5 Å². The first-order chi connectivity index (χ1) is 8.11. The van der Waals surface area contributed by atoms with Gasteiger partial charge in [0.25, 0.3) is 0 Å². The molecule has 1 aliphatic heterocycles. The van der Waals surface area contributed by atoms with E-state index in [1.807, 2.05) is 17.0 Å². The van der Waals surface area contributed by atoms with Gasteiger partial charge in [-0.3, -0.25) is 4.79 Å². The summed E-state index contributed by atoms with van der Waals surface area (Å²) >= 11 is 0. The zero-order valence-electron chi connectivity index (χ0n) is 10.2. The molecule has 88 valence electrons. The fraction of sp³-hybridized carbons (Fsp3) is 0.429. The lowest BCUT2D eigenvalue weighted by molar-refractivity contribution is -0.118. The summed E-state index contributed by atoms with van der Waals surface area (Å²) < 4.78 is 0. The molecule has 1 aromatic rings. The van der Waals surface area contributed by atoms with E-state index in [1.165, 1.54) is 5.56 Å². The van der Waals surface area contributed by atoms with Crippen LogP contribution < -0.4 is 4.90 Å². The highest BCUT2D eigenvalue weighted by Gasteiger charge is 2.30. The fourth-order valence-corrected chi connectivity index (χ4v) is 2.06. The van der Waals surface area contributed by atoms with Crippen LogP contribution in [0.1, 0.15) is 25.3 Å². The second-order valence-corrected chi connectivity index (χ2v) is 4.77. The number of rotatable bonds is 2. The second kappa shape index (κ2) is 4.58. The Balaban J connectivity index is 2.14. The highest BCUT2D eigenvalue weighted by atomic mass is 16.1. The van der Waals surface area contributed by atoms with Crippen molar-refractivity contribution in [2.75, 3.05) is 18.0 Å². The molecule has 1 fully saturated rings. The van der Waals surface area contributed by atoms with Gasteiger partial charge in [0.1, 0.15) is 5.92 Å². The molecule has 1 unspecified atom stereocenters. The van der Waals surface area contributed by atoms with Gasteiger partial charge in [0.15, 0.2) is 5.78 Å². The van der Waals surface area contributed by atoms with E-state index in [1.54, 1.807) is 0 Å². The molecular weight excluding hydrogens is 212 g/mol. The summed E-state index contributed by atoms with van der Waals surface area (Å²) in [5.41, 5.74) is 2.32. The molecule has 1 atom stereocenters. The predicted octanol–water partition coefficient (Wildman–Crippen LogP) is 2.34. The Morgan fingerprint density at radius 2 is 2.00 bits per heavy atom. The van der Waals surface area contributed by atoms with E-state index >= 15 is 0 Å². The van der Waals surface area contributed by atoms with Crippen LogP contribution in [0, 0.1) is 17.2 Å². The number of hydrogen-bond donors (Lipinski definition) is 0. The number of nitrogens with zero attached hydrogens (tertiary/aromatic N) is 2. The van der Waals surface area contributed by atoms with Crippen molar-refractivity contribution in [3.8, 4) is 6.07 Å². The zero-order valence-corrected chi connectivity index (χ0v) is 10.2. The lowest BCUT2D eigenvalue weighted by atomic mass is 10.0. The van der Waals surface area contributed by atoms with Crippen molar-refractivity contribution in [1.29, 1.82) is 5.26 Å². The maximum absolute atomic E-state index is 11.5. The van der Waals surface area contributed by atoms with Crippen LogP contribution in [0.3, 0.4) is 0 Å².